The second kappa shape index (κ2) is 6.72. The van der Waals surface area contributed by atoms with E-state index in [-0.39, 0.29) is 17.6 Å². The van der Waals surface area contributed by atoms with Gasteiger partial charge in [0.1, 0.15) is 0 Å². The minimum atomic E-state index is -0.449. The van der Waals surface area contributed by atoms with Gasteiger partial charge in [-0.25, -0.2) is 4.68 Å². The Morgan fingerprint density at radius 3 is 2.85 bits per heavy atom. The summed E-state index contributed by atoms with van der Waals surface area (Å²) in [5.74, 6) is -0.106. The summed E-state index contributed by atoms with van der Waals surface area (Å²) >= 11 is 1.63. The van der Waals surface area contributed by atoms with Crippen LogP contribution in [0, 0.1) is 10.1 Å². The first-order valence-corrected chi connectivity index (χ1v) is 9.13. The molecule has 1 aromatic carbocycles. The van der Waals surface area contributed by atoms with Crippen molar-refractivity contribution in [1.29, 1.82) is 0 Å². The van der Waals surface area contributed by atoms with E-state index >= 15 is 0 Å². The molecule has 0 aliphatic heterocycles. The fourth-order valence-electron chi connectivity index (χ4n) is 2.80. The predicted molar refractivity (Wildman–Crippen MR) is 97.4 cm³/mol. The third-order valence-corrected chi connectivity index (χ3v) is 5.13. The number of carbonyl (C=O) groups excluding carboxylic acids is 1. The third-order valence-electron chi connectivity index (χ3n) is 4.27. The van der Waals surface area contributed by atoms with Gasteiger partial charge >= 0.3 is 0 Å². The molecule has 8 heteroatoms. The van der Waals surface area contributed by atoms with Gasteiger partial charge in [-0.15, -0.1) is 11.3 Å². The number of nitro benzene ring substituents is 1. The zero-order valence-corrected chi connectivity index (χ0v) is 14.6. The molecule has 0 spiro atoms. The van der Waals surface area contributed by atoms with Crippen LogP contribution in [0.5, 0.6) is 0 Å². The molecule has 1 aliphatic rings. The first kappa shape index (κ1) is 16.5. The Kier molecular flexibility index (Phi) is 4.26. The molecule has 1 aliphatic carbocycles. The van der Waals surface area contributed by atoms with Crippen LogP contribution in [-0.4, -0.2) is 31.6 Å². The first-order valence-electron chi connectivity index (χ1n) is 8.25. The molecule has 1 fully saturated rings. The third kappa shape index (κ3) is 3.36. The van der Waals surface area contributed by atoms with Crippen LogP contribution in [0.15, 0.2) is 54.0 Å². The lowest BCUT2D eigenvalue weighted by atomic mass is 10.3. The minimum Gasteiger partial charge on any atom is -0.329 e. The number of nitrogens with zero attached hydrogens (tertiary/aromatic N) is 4. The molecule has 0 radical (unpaired) electrons. The maximum Gasteiger partial charge on any atom is 0.274 e. The summed E-state index contributed by atoms with van der Waals surface area (Å²) in [6.07, 6.45) is 3.69. The highest BCUT2D eigenvalue weighted by molar-refractivity contribution is 7.09. The highest BCUT2D eigenvalue weighted by Gasteiger charge is 2.34. The monoisotopic (exact) mass is 368 g/mol. The van der Waals surface area contributed by atoms with Gasteiger partial charge in [-0.1, -0.05) is 12.1 Å². The fourth-order valence-corrected chi connectivity index (χ4v) is 3.50. The SMILES string of the molecule is O=C(c1ccn(-c2cccc([N+](=O)[O-])c2)n1)N(Cc1cccs1)C1CC1. The second-order valence-electron chi connectivity index (χ2n) is 6.17. The summed E-state index contributed by atoms with van der Waals surface area (Å²) in [4.78, 5) is 26.4. The quantitative estimate of drug-likeness (QED) is 0.491. The number of non-ortho nitro benzene ring substituents is 1. The molecule has 1 amide bonds. The molecule has 132 valence electrons. The largest absolute Gasteiger partial charge is 0.329 e. The molecule has 0 saturated heterocycles. The Labute approximate surface area is 153 Å². The lowest BCUT2D eigenvalue weighted by Gasteiger charge is -2.20. The zero-order chi connectivity index (χ0) is 18.1. The Hall–Kier alpha value is -3.00. The van der Waals surface area contributed by atoms with Crippen LogP contribution in [0.4, 0.5) is 5.69 Å². The van der Waals surface area contributed by atoms with E-state index in [1.54, 1.807) is 35.7 Å². The molecule has 0 unspecified atom stereocenters. The van der Waals surface area contributed by atoms with Gasteiger partial charge in [-0.3, -0.25) is 14.9 Å². The first-order chi connectivity index (χ1) is 12.6. The number of thiophene rings is 1. The zero-order valence-electron chi connectivity index (χ0n) is 13.8. The van der Waals surface area contributed by atoms with Crippen molar-refractivity contribution in [2.24, 2.45) is 0 Å². The van der Waals surface area contributed by atoms with Crippen LogP contribution in [0.2, 0.25) is 0 Å². The van der Waals surface area contributed by atoms with Crippen molar-refractivity contribution in [1.82, 2.24) is 14.7 Å². The number of benzene rings is 1. The van der Waals surface area contributed by atoms with E-state index in [2.05, 4.69) is 5.10 Å². The van der Waals surface area contributed by atoms with E-state index in [4.69, 9.17) is 0 Å². The van der Waals surface area contributed by atoms with E-state index in [0.29, 0.717) is 17.9 Å². The molecule has 7 nitrogen and oxygen atoms in total. The number of nitro groups is 1. The summed E-state index contributed by atoms with van der Waals surface area (Å²) in [6, 6.07) is 12.1. The van der Waals surface area contributed by atoms with Crippen LogP contribution in [0.3, 0.4) is 0 Å². The van der Waals surface area contributed by atoms with Gasteiger partial charge in [0.05, 0.1) is 17.2 Å². The van der Waals surface area contributed by atoms with E-state index in [1.807, 2.05) is 22.4 Å². The van der Waals surface area contributed by atoms with Gasteiger partial charge in [0, 0.05) is 29.2 Å². The van der Waals surface area contributed by atoms with Crippen molar-refractivity contribution < 1.29 is 9.72 Å². The van der Waals surface area contributed by atoms with Gasteiger partial charge in [-0.2, -0.15) is 5.10 Å². The summed E-state index contributed by atoms with van der Waals surface area (Å²) in [5.41, 5.74) is 0.887. The van der Waals surface area contributed by atoms with Crippen molar-refractivity contribution in [3.63, 3.8) is 0 Å². The number of amides is 1. The summed E-state index contributed by atoms with van der Waals surface area (Å²) in [6.45, 7) is 0.588. The second-order valence-corrected chi connectivity index (χ2v) is 7.20. The van der Waals surface area contributed by atoms with Crippen molar-refractivity contribution >= 4 is 22.9 Å². The maximum atomic E-state index is 12.9. The van der Waals surface area contributed by atoms with Gasteiger partial charge in [0.25, 0.3) is 11.6 Å². The Bertz CT molecular complexity index is 947. The average molecular weight is 368 g/mol. The molecular weight excluding hydrogens is 352 g/mol. The standard InChI is InChI=1S/C18H16N4O3S/c23-18(20(13-6-7-13)12-16-5-2-10-26-16)17-8-9-21(19-17)14-3-1-4-15(11-14)22(24)25/h1-5,8-11,13H,6-7,12H2. The predicted octanol–water partition coefficient (Wildman–Crippen LogP) is 3.65. The average Bonchev–Trinajstić information content (AvgIpc) is 3.15. The lowest BCUT2D eigenvalue weighted by Crippen LogP contribution is -2.32. The topological polar surface area (TPSA) is 81.3 Å². The van der Waals surface area contributed by atoms with E-state index in [0.717, 1.165) is 17.7 Å². The number of carbonyl (C=O) groups is 1. The van der Waals surface area contributed by atoms with E-state index in [9.17, 15) is 14.9 Å². The van der Waals surface area contributed by atoms with Gasteiger partial charge < -0.3 is 4.90 Å². The molecule has 3 aromatic rings. The Balaban J connectivity index is 1.57. The summed E-state index contributed by atoms with van der Waals surface area (Å²) in [5, 5.41) is 17.3. The number of hydrogen-bond donors (Lipinski definition) is 0. The molecule has 26 heavy (non-hydrogen) atoms. The molecule has 0 bridgehead atoms. The van der Waals surface area contributed by atoms with Crippen LogP contribution >= 0.6 is 11.3 Å². The van der Waals surface area contributed by atoms with Crippen LogP contribution < -0.4 is 0 Å². The van der Waals surface area contributed by atoms with Crippen LogP contribution in [0.1, 0.15) is 28.2 Å². The molecule has 0 atom stereocenters. The molecule has 2 heterocycles. The van der Waals surface area contributed by atoms with Gasteiger partial charge in [-0.05, 0) is 36.4 Å². The maximum absolute atomic E-state index is 12.9. The number of aromatic nitrogens is 2. The number of rotatable bonds is 6. The molecule has 2 aromatic heterocycles. The summed E-state index contributed by atoms with van der Waals surface area (Å²) < 4.78 is 1.50. The minimum absolute atomic E-state index is 0.0109. The highest BCUT2D eigenvalue weighted by Crippen LogP contribution is 2.30. The molecule has 4 rings (SSSR count). The van der Waals surface area contributed by atoms with Gasteiger partial charge in [0.2, 0.25) is 0 Å². The lowest BCUT2D eigenvalue weighted by molar-refractivity contribution is -0.384. The Morgan fingerprint density at radius 1 is 1.31 bits per heavy atom. The van der Waals surface area contributed by atoms with Gasteiger partial charge in [0.15, 0.2) is 5.69 Å². The van der Waals surface area contributed by atoms with Crippen LogP contribution in [0.25, 0.3) is 5.69 Å². The van der Waals surface area contributed by atoms with E-state index in [1.165, 1.54) is 16.8 Å². The normalized spacial score (nSPS) is 13.5. The smallest absolute Gasteiger partial charge is 0.274 e. The van der Waals surface area contributed by atoms with Crippen LogP contribution in [-0.2, 0) is 6.54 Å². The van der Waals surface area contributed by atoms with Crippen molar-refractivity contribution in [2.45, 2.75) is 25.4 Å². The fraction of sp³-hybridized carbons (Fsp3) is 0.222. The van der Waals surface area contributed by atoms with E-state index < -0.39 is 4.92 Å². The highest BCUT2D eigenvalue weighted by atomic mass is 32.1. The Morgan fingerprint density at radius 2 is 2.15 bits per heavy atom. The molecular formula is C18H16N4O3S. The summed E-state index contributed by atoms with van der Waals surface area (Å²) in [7, 11) is 0. The van der Waals surface area contributed by atoms with Crippen molar-refractivity contribution in [3.05, 3.63) is 74.7 Å². The van der Waals surface area contributed by atoms with Crippen molar-refractivity contribution in [3.8, 4) is 5.69 Å². The number of hydrogen-bond acceptors (Lipinski definition) is 5. The molecule has 1 saturated carbocycles. The molecule has 0 N–H and O–H groups in total. The van der Waals surface area contributed by atoms with Crippen molar-refractivity contribution in [2.75, 3.05) is 0 Å².